The molecule has 0 atom stereocenters. The van der Waals surface area contributed by atoms with E-state index in [1.165, 1.54) is 22.3 Å². The maximum absolute atomic E-state index is 5.96. The molecule has 0 unspecified atom stereocenters. The third kappa shape index (κ3) is 2.20. The van der Waals surface area contributed by atoms with Gasteiger partial charge in [0.05, 0.1) is 0 Å². The first-order valence-electron chi connectivity index (χ1n) is 6.83. The van der Waals surface area contributed by atoms with Crippen LogP contribution in [0.2, 0.25) is 0 Å². The SMILES string of the molecule is NC/C1=C/c2ccccc2/C=C(/CN)c2ccccc21. The Morgan fingerprint density at radius 1 is 0.600 bits per heavy atom. The molecule has 1 aliphatic rings. The van der Waals surface area contributed by atoms with Crippen LogP contribution in [-0.2, 0) is 0 Å². The van der Waals surface area contributed by atoms with Crippen LogP contribution in [0.1, 0.15) is 22.3 Å². The van der Waals surface area contributed by atoms with E-state index in [4.69, 9.17) is 11.5 Å². The van der Waals surface area contributed by atoms with E-state index in [0.717, 1.165) is 11.1 Å². The van der Waals surface area contributed by atoms with E-state index >= 15 is 0 Å². The van der Waals surface area contributed by atoms with Gasteiger partial charge in [-0.05, 0) is 45.6 Å². The van der Waals surface area contributed by atoms with Gasteiger partial charge < -0.3 is 11.5 Å². The van der Waals surface area contributed by atoms with Crippen molar-refractivity contribution in [1.82, 2.24) is 0 Å². The van der Waals surface area contributed by atoms with E-state index in [1.807, 2.05) is 24.3 Å². The lowest BCUT2D eigenvalue weighted by molar-refractivity contribution is 1.24. The monoisotopic (exact) mass is 262 g/mol. The molecule has 100 valence electrons. The number of fused-ring (bicyclic) bond motifs is 2. The topological polar surface area (TPSA) is 52.0 Å². The molecule has 0 amide bonds. The predicted octanol–water partition coefficient (Wildman–Crippen LogP) is 3.00. The molecular formula is C18H18N2. The van der Waals surface area contributed by atoms with Crippen LogP contribution in [0.3, 0.4) is 0 Å². The number of rotatable bonds is 2. The van der Waals surface area contributed by atoms with Crippen LogP contribution in [0.15, 0.2) is 48.5 Å². The van der Waals surface area contributed by atoms with Crippen LogP contribution in [0, 0.1) is 0 Å². The Hall–Kier alpha value is -2.16. The highest BCUT2D eigenvalue weighted by Gasteiger charge is 2.13. The molecule has 2 aromatic rings. The fraction of sp³-hybridized carbons (Fsp3) is 0.111. The summed E-state index contributed by atoms with van der Waals surface area (Å²) in [5.41, 5.74) is 19.0. The minimum absolute atomic E-state index is 0.517. The van der Waals surface area contributed by atoms with Gasteiger partial charge in [-0.1, -0.05) is 48.5 Å². The molecule has 20 heavy (non-hydrogen) atoms. The average Bonchev–Trinajstić information content (AvgIpc) is 2.49. The molecule has 2 heteroatoms. The first kappa shape index (κ1) is 12.9. The highest BCUT2D eigenvalue weighted by Crippen LogP contribution is 2.31. The molecule has 0 heterocycles. The van der Waals surface area contributed by atoms with Crippen molar-refractivity contribution in [3.05, 3.63) is 70.8 Å². The number of nitrogens with two attached hydrogens (primary N) is 2. The van der Waals surface area contributed by atoms with Gasteiger partial charge in [-0.25, -0.2) is 0 Å². The molecule has 2 nitrogen and oxygen atoms in total. The van der Waals surface area contributed by atoms with Crippen molar-refractivity contribution in [3.63, 3.8) is 0 Å². The first-order valence-corrected chi connectivity index (χ1v) is 6.83. The van der Waals surface area contributed by atoms with Crippen LogP contribution in [0.4, 0.5) is 0 Å². The summed E-state index contributed by atoms with van der Waals surface area (Å²) in [6.45, 7) is 1.03. The maximum atomic E-state index is 5.96. The molecule has 0 saturated heterocycles. The van der Waals surface area contributed by atoms with E-state index in [1.54, 1.807) is 0 Å². The summed E-state index contributed by atoms with van der Waals surface area (Å²) in [6.07, 6.45) is 4.36. The van der Waals surface area contributed by atoms with Gasteiger partial charge in [0.15, 0.2) is 0 Å². The molecule has 4 N–H and O–H groups in total. The highest BCUT2D eigenvalue weighted by atomic mass is 14.5. The summed E-state index contributed by atoms with van der Waals surface area (Å²) in [7, 11) is 0. The lowest BCUT2D eigenvalue weighted by Gasteiger charge is -2.18. The minimum atomic E-state index is 0.517. The Morgan fingerprint density at radius 2 is 1.00 bits per heavy atom. The van der Waals surface area contributed by atoms with Gasteiger partial charge >= 0.3 is 0 Å². The molecule has 0 aliphatic heterocycles. The van der Waals surface area contributed by atoms with Gasteiger partial charge in [-0.2, -0.15) is 0 Å². The molecule has 1 aliphatic carbocycles. The smallest absolute Gasteiger partial charge is 0.0184 e. The third-order valence-corrected chi connectivity index (χ3v) is 3.71. The first-order chi connectivity index (χ1) is 9.83. The van der Waals surface area contributed by atoms with Crippen molar-refractivity contribution >= 4 is 23.3 Å². The van der Waals surface area contributed by atoms with E-state index < -0.39 is 0 Å². The Balaban J connectivity index is 2.31. The zero-order chi connectivity index (χ0) is 13.9. The summed E-state index contributed by atoms with van der Waals surface area (Å²) >= 11 is 0. The van der Waals surface area contributed by atoms with Gasteiger partial charge in [0.1, 0.15) is 0 Å². The molecule has 2 aromatic carbocycles. The molecule has 0 fully saturated rings. The quantitative estimate of drug-likeness (QED) is 0.874. The van der Waals surface area contributed by atoms with Crippen LogP contribution < -0.4 is 11.5 Å². The van der Waals surface area contributed by atoms with Gasteiger partial charge in [0, 0.05) is 13.1 Å². The fourth-order valence-corrected chi connectivity index (χ4v) is 2.69. The molecular weight excluding hydrogens is 244 g/mol. The molecule has 0 bridgehead atoms. The Bertz CT molecular complexity index is 636. The van der Waals surface area contributed by atoms with Gasteiger partial charge in [-0.15, -0.1) is 0 Å². The molecule has 3 rings (SSSR count). The van der Waals surface area contributed by atoms with Gasteiger partial charge in [0.2, 0.25) is 0 Å². The predicted molar refractivity (Wildman–Crippen MR) is 86.7 cm³/mol. The zero-order valence-electron chi connectivity index (χ0n) is 11.3. The van der Waals surface area contributed by atoms with Gasteiger partial charge in [0.25, 0.3) is 0 Å². The van der Waals surface area contributed by atoms with E-state index in [0.29, 0.717) is 13.1 Å². The van der Waals surface area contributed by atoms with Crippen LogP contribution in [0.25, 0.3) is 23.3 Å². The molecule has 0 aromatic heterocycles. The maximum Gasteiger partial charge on any atom is 0.0184 e. The van der Waals surface area contributed by atoms with Gasteiger partial charge in [-0.3, -0.25) is 0 Å². The summed E-state index contributed by atoms with van der Waals surface area (Å²) < 4.78 is 0. The summed E-state index contributed by atoms with van der Waals surface area (Å²) in [4.78, 5) is 0. The van der Waals surface area contributed by atoms with E-state index in [-0.39, 0.29) is 0 Å². The lowest BCUT2D eigenvalue weighted by Crippen LogP contribution is -2.09. The van der Waals surface area contributed by atoms with Crippen molar-refractivity contribution in [3.8, 4) is 0 Å². The Kier molecular flexibility index (Phi) is 3.50. The van der Waals surface area contributed by atoms with Crippen LogP contribution >= 0.6 is 0 Å². The second-order valence-corrected chi connectivity index (χ2v) is 4.92. The summed E-state index contributed by atoms with van der Waals surface area (Å²) in [5, 5.41) is 0. The third-order valence-electron chi connectivity index (χ3n) is 3.71. The Morgan fingerprint density at radius 3 is 1.40 bits per heavy atom. The van der Waals surface area contributed by atoms with Crippen LogP contribution in [0.5, 0.6) is 0 Å². The molecule has 0 saturated carbocycles. The second kappa shape index (κ2) is 5.45. The van der Waals surface area contributed by atoms with Crippen LogP contribution in [-0.4, -0.2) is 13.1 Å². The molecule has 0 spiro atoms. The fourth-order valence-electron chi connectivity index (χ4n) is 2.69. The largest absolute Gasteiger partial charge is 0.326 e. The standard InChI is InChI=1S/C18H18N2/c19-11-15-9-13-5-1-2-6-14(13)10-16(12-20)18-8-4-3-7-17(15)18/h1-10H,11-12,19-20H2/b13-9?,14-10?,15-9-,16-10-,17-15?,18-16?. The Labute approximate surface area is 119 Å². The zero-order valence-corrected chi connectivity index (χ0v) is 11.3. The van der Waals surface area contributed by atoms with Crippen molar-refractivity contribution in [2.75, 3.05) is 13.1 Å². The lowest BCUT2D eigenvalue weighted by atomic mass is 9.88. The van der Waals surface area contributed by atoms with Crippen molar-refractivity contribution in [2.24, 2.45) is 11.5 Å². The summed E-state index contributed by atoms with van der Waals surface area (Å²) in [6, 6.07) is 16.7. The van der Waals surface area contributed by atoms with E-state index in [9.17, 15) is 0 Å². The number of hydrogen-bond acceptors (Lipinski definition) is 2. The highest BCUT2D eigenvalue weighted by molar-refractivity contribution is 5.96. The average molecular weight is 262 g/mol. The molecule has 0 radical (unpaired) electrons. The normalized spacial score (nSPS) is 18.7. The van der Waals surface area contributed by atoms with Crippen molar-refractivity contribution in [2.45, 2.75) is 0 Å². The second-order valence-electron chi connectivity index (χ2n) is 4.92. The number of hydrogen-bond donors (Lipinski definition) is 2. The van der Waals surface area contributed by atoms with Crippen molar-refractivity contribution in [1.29, 1.82) is 0 Å². The minimum Gasteiger partial charge on any atom is -0.326 e. The summed E-state index contributed by atoms with van der Waals surface area (Å²) in [5.74, 6) is 0. The number of benzene rings is 2. The van der Waals surface area contributed by atoms with E-state index in [2.05, 4.69) is 36.4 Å². The van der Waals surface area contributed by atoms with Crippen molar-refractivity contribution < 1.29 is 0 Å².